The molecule has 3 heteroatoms. The summed E-state index contributed by atoms with van der Waals surface area (Å²) in [6.07, 6.45) is 0. The second kappa shape index (κ2) is 3.72. The highest BCUT2D eigenvalue weighted by atomic mass is 16.5. The molecule has 0 saturated heterocycles. The van der Waals surface area contributed by atoms with Crippen LogP contribution in [0.1, 0.15) is 0 Å². The van der Waals surface area contributed by atoms with E-state index in [2.05, 4.69) is 0 Å². The van der Waals surface area contributed by atoms with Crippen molar-refractivity contribution in [2.45, 2.75) is 0 Å². The van der Waals surface area contributed by atoms with E-state index in [9.17, 15) is 5.02 Å². The molecule has 0 fully saturated rings. The van der Waals surface area contributed by atoms with Gasteiger partial charge in [-0.1, -0.05) is 24.3 Å². The van der Waals surface area contributed by atoms with Crippen LogP contribution in [0, 0.1) is 0 Å². The highest BCUT2D eigenvalue weighted by Gasteiger charge is 2.03. The number of ether oxygens (including phenoxy) is 1. The second-order valence-electron chi connectivity index (χ2n) is 3.17. The zero-order valence-electron chi connectivity index (χ0n) is 8.03. The van der Waals surface area contributed by atoms with Gasteiger partial charge in [-0.3, -0.25) is 0 Å². The zero-order chi connectivity index (χ0) is 9.97. The number of methoxy groups -OCH3 is 1. The summed E-state index contributed by atoms with van der Waals surface area (Å²) in [7, 11) is 1.67. The Morgan fingerprint density at radius 3 is 2.71 bits per heavy atom. The molecule has 0 unspecified atom stereocenters. The lowest BCUT2D eigenvalue weighted by atomic mass is 9.84. The van der Waals surface area contributed by atoms with Gasteiger partial charge < -0.3 is 9.76 Å². The quantitative estimate of drug-likeness (QED) is 0.703. The first-order valence-electron chi connectivity index (χ1n) is 4.51. The van der Waals surface area contributed by atoms with Gasteiger partial charge in [0.25, 0.3) is 0 Å². The minimum atomic E-state index is 0.0394. The first-order valence-corrected chi connectivity index (χ1v) is 4.51. The SMILES string of the molecule is COc1cc(BO)c2ccccc2c1. The molecule has 0 saturated carbocycles. The summed E-state index contributed by atoms with van der Waals surface area (Å²) in [4.78, 5) is 0. The van der Waals surface area contributed by atoms with Gasteiger partial charge in [-0.2, -0.15) is 0 Å². The van der Waals surface area contributed by atoms with Crippen molar-refractivity contribution in [2.24, 2.45) is 0 Å². The van der Waals surface area contributed by atoms with Crippen molar-refractivity contribution >= 4 is 23.7 Å². The van der Waals surface area contributed by atoms with Crippen LogP contribution in [-0.2, 0) is 0 Å². The summed E-state index contributed by atoms with van der Waals surface area (Å²) in [5.74, 6) is 0.785. The van der Waals surface area contributed by atoms with Crippen molar-refractivity contribution in [1.29, 1.82) is 0 Å². The predicted octanol–water partition coefficient (Wildman–Crippen LogP) is 0.817. The lowest BCUT2D eigenvalue weighted by Crippen LogP contribution is -2.14. The number of hydrogen-bond acceptors (Lipinski definition) is 2. The van der Waals surface area contributed by atoms with Crippen molar-refractivity contribution < 1.29 is 9.76 Å². The molecule has 0 spiro atoms. The molecule has 0 aliphatic rings. The molecule has 70 valence electrons. The first kappa shape index (κ1) is 9.09. The number of hydrogen-bond donors (Lipinski definition) is 1. The molecule has 0 aromatic heterocycles. The van der Waals surface area contributed by atoms with Crippen LogP contribution in [0.25, 0.3) is 10.8 Å². The van der Waals surface area contributed by atoms with Gasteiger partial charge >= 0.3 is 7.48 Å². The standard InChI is InChI=1S/C11H11BO2/c1-14-9-6-8-4-2-3-5-10(8)11(7-9)12-13/h2-7,12-13H,1H3. The van der Waals surface area contributed by atoms with Crippen LogP contribution in [0.15, 0.2) is 36.4 Å². The van der Waals surface area contributed by atoms with Crippen LogP contribution in [0.4, 0.5) is 0 Å². The van der Waals surface area contributed by atoms with E-state index in [0.29, 0.717) is 0 Å². The summed E-state index contributed by atoms with van der Waals surface area (Å²) in [6, 6.07) is 11.8. The van der Waals surface area contributed by atoms with E-state index in [1.165, 1.54) is 0 Å². The van der Waals surface area contributed by atoms with Crippen molar-refractivity contribution in [2.75, 3.05) is 7.11 Å². The van der Waals surface area contributed by atoms with Crippen LogP contribution in [0.3, 0.4) is 0 Å². The lowest BCUT2D eigenvalue weighted by molar-refractivity contribution is 0.415. The largest absolute Gasteiger partial charge is 0.497 e. The average Bonchev–Trinajstić information content (AvgIpc) is 2.27. The fourth-order valence-corrected chi connectivity index (χ4v) is 1.61. The third-order valence-electron chi connectivity index (χ3n) is 2.33. The van der Waals surface area contributed by atoms with Gasteiger partial charge in [0.2, 0.25) is 0 Å². The number of rotatable bonds is 2. The molecular formula is C11H11BO2. The van der Waals surface area contributed by atoms with E-state index in [1.807, 2.05) is 36.4 Å². The molecule has 2 nitrogen and oxygen atoms in total. The predicted molar refractivity (Wildman–Crippen MR) is 59.5 cm³/mol. The minimum Gasteiger partial charge on any atom is -0.497 e. The highest BCUT2D eigenvalue weighted by Crippen LogP contribution is 2.18. The van der Waals surface area contributed by atoms with Gasteiger partial charge in [-0.15, -0.1) is 0 Å². The summed E-state index contributed by atoms with van der Waals surface area (Å²) in [6.45, 7) is 0. The summed E-state index contributed by atoms with van der Waals surface area (Å²) < 4.78 is 5.15. The maximum absolute atomic E-state index is 9.20. The van der Waals surface area contributed by atoms with E-state index in [0.717, 1.165) is 22.0 Å². The monoisotopic (exact) mass is 186 g/mol. The molecule has 0 amide bonds. The molecule has 0 heterocycles. The van der Waals surface area contributed by atoms with E-state index in [4.69, 9.17) is 4.74 Å². The Morgan fingerprint density at radius 1 is 1.21 bits per heavy atom. The van der Waals surface area contributed by atoms with Crippen LogP contribution < -0.4 is 10.2 Å². The van der Waals surface area contributed by atoms with Gasteiger partial charge in [0, 0.05) is 0 Å². The second-order valence-corrected chi connectivity index (χ2v) is 3.17. The minimum absolute atomic E-state index is 0.0394. The molecule has 0 aliphatic carbocycles. The van der Waals surface area contributed by atoms with Gasteiger partial charge in [0.15, 0.2) is 0 Å². The number of benzene rings is 2. The molecule has 0 aliphatic heterocycles. The third kappa shape index (κ3) is 1.47. The van der Waals surface area contributed by atoms with Crippen molar-refractivity contribution in [1.82, 2.24) is 0 Å². The normalized spacial score (nSPS) is 10.1. The van der Waals surface area contributed by atoms with Crippen LogP contribution in [-0.4, -0.2) is 19.6 Å². The smallest absolute Gasteiger partial charge is 0.305 e. The molecule has 2 aromatic carbocycles. The lowest BCUT2D eigenvalue weighted by Gasteiger charge is -2.06. The molecule has 14 heavy (non-hydrogen) atoms. The third-order valence-corrected chi connectivity index (χ3v) is 2.33. The fraction of sp³-hybridized carbons (Fsp3) is 0.0909. The van der Waals surface area contributed by atoms with Crippen LogP contribution in [0.5, 0.6) is 5.75 Å². The Hall–Kier alpha value is -1.48. The first-order chi connectivity index (χ1) is 6.85. The summed E-state index contributed by atoms with van der Waals surface area (Å²) in [5, 5.41) is 11.4. The Bertz CT molecular complexity index is 454. The molecule has 2 aromatic rings. The fourth-order valence-electron chi connectivity index (χ4n) is 1.61. The van der Waals surface area contributed by atoms with Gasteiger partial charge in [-0.25, -0.2) is 0 Å². The molecular weight excluding hydrogens is 175 g/mol. The van der Waals surface area contributed by atoms with E-state index in [1.54, 1.807) is 7.11 Å². The zero-order valence-corrected chi connectivity index (χ0v) is 8.03. The Morgan fingerprint density at radius 2 is 2.00 bits per heavy atom. The molecule has 1 N–H and O–H groups in total. The Kier molecular flexibility index (Phi) is 2.42. The highest BCUT2D eigenvalue weighted by molar-refractivity contribution is 6.50. The molecule has 0 bridgehead atoms. The van der Waals surface area contributed by atoms with E-state index >= 15 is 0 Å². The van der Waals surface area contributed by atoms with Crippen LogP contribution in [0.2, 0.25) is 0 Å². The van der Waals surface area contributed by atoms with Crippen molar-refractivity contribution in [3.63, 3.8) is 0 Å². The summed E-state index contributed by atoms with van der Waals surface area (Å²) >= 11 is 0. The van der Waals surface area contributed by atoms with Gasteiger partial charge in [0.1, 0.15) is 5.75 Å². The maximum Gasteiger partial charge on any atom is 0.305 e. The van der Waals surface area contributed by atoms with Gasteiger partial charge in [0.05, 0.1) is 7.11 Å². The van der Waals surface area contributed by atoms with Crippen molar-refractivity contribution in [3.05, 3.63) is 36.4 Å². The Labute approximate surface area is 83.4 Å². The number of fused-ring (bicyclic) bond motifs is 1. The van der Waals surface area contributed by atoms with Crippen molar-refractivity contribution in [3.8, 4) is 5.75 Å². The maximum atomic E-state index is 9.20. The molecule has 0 radical (unpaired) electrons. The molecule has 2 rings (SSSR count). The Balaban J connectivity index is 2.73. The molecule has 0 atom stereocenters. The average molecular weight is 186 g/mol. The van der Waals surface area contributed by atoms with E-state index in [-0.39, 0.29) is 7.48 Å². The summed E-state index contributed by atoms with van der Waals surface area (Å²) in [5.41, 5.74) is 0.903. The van der Waals surface area contributed by atoms with Crippen LogP contribution >= 0.6 is 0 Å². The topological polar surface area (TPSA) is 29.5 Å². The van der Waals surface area contributed by atoms with Gasteiger partial charge in [-0.05, 0) is 28.4 Å². The van der Waals surface area contributed by atoms with E-state index < -0.39 is 0 Å².